The van der Waals surface area contributed by atoms with E-state index < -0.39 is 35.3 Å². The molecule has 2 aliphatic rings. The summed E-state index contributed by atoms with van der Waals surface area (Å²) in [7, 11) is 1.24. The number of phenols is 1. The van der Waals surface area contributed by atoms with Crippen LogP contribution in [0.2, 0.25) is 0 Å². The molecule has 2 aliphatic heterocycles. The first-order chi connectivity index (χ1) is 14.7. The number of amides is 3. The van der Waals surface area contributed by atoms with Crippen LogP contribution in [-0.2, 0) is 24.0 Å². The quantitative estimate of drug-likeness (QED) is 0.243. The Morgan fingerprint density at radius 1 is 1.39 bits per heavy atom. The second kappa shape index (κ2) is 8.95. The molecule has 0 saturated carbocycles. The van der Waals surface area contributed by atoms with Crippen LogP contribution in [0.1, 0.15) is 5.56 Å². The standard InChI is InChI=1S/C18H18N4O8S/c1-29-21-11(8-3-2-4-10(23)5-8)14(24)20-12-15(25)22-13(17(26)27)9(6-30-18(19)28)7-31-16(12)22/h2-5,12,16,23H,6-7H2,1H3,(H2,19,28)(H,20,24)(H,26,27)/b21-11+/t12?,16-/m1/s1. The average molecular weight is 450 g/mol. The van der Waals surface area contributed by atoms with Gasteiger partial charge in [-0.2, -0.15) is 0 Å². The minimum Gasteiger partial charge on any atom is -0.508 e. The van der Waals surface area contributed by atoms with Crippen LogP contribution in [0, 0.1) is 0 Å². The van der Waals surface area contributed by atoms with Gasteiger partial charge in [-0.15, -0.1) is 11.8 Å². The van der Waals surface area contributed by atoms with Gasteiger partial charge in [-0.1, -0.05) is 17.3 Å². The zero-order valence-electron chi connectivity index (χ0n) is 16.1. The van der Waals surface area contributed by atoms with Crippen LogP contribution in [-0.4, -0.2) is 75.6 Å². The minimum absolute atomic E-state index is 0.0928. The Hall–Kier alpha value is -3.74. The molecule has 1 unspecified atom stereocenters. The molecule has 1 saturated heterocycles. The van der Waals surface area contributed by atoms with Gasteiger partial charge in [-0.05, 0) is 12.1 Å². The van der Waals surface area contributed by atoms with Crippen molar-refractivity contribution in [3.63, 3.8) is 0 Å². The number of primary amides is 1. The van der Waals surface area contributed by atoms with Gasteiger partial charge in [0.1, 0.15) is 36.6 Å². The number of phenolic OH excluding ortho intramolecular Hbond substituents is 1. The number of carbonyl (C=O) groups is 4. The first kappa shape index (κ1) is 22.0. The topological polar surface area (TPSA) is 181 Å². The predicted octanol–water partition coefficient (Wildman–Crippen LogP) is -0.423. The lowest BCUT2D eigenvalue weighted by Gasteiger charge is -2.49. The van der Waals surface area contributed by atoms with Crippen molar-refractivity contribution < 1.29 is 39.0 Å². The molecule has 3 amide bonds. The van der Waals surface area contributed by atoms with Crippen molar-refractivity contribution >= 4 is 41.4 Å². The molecule has 3 rings (SSSR count). The Labute approximate surface area is 179 Å². The molecule has 13 heteroatoms. The molecule has 0 aromatic heterocycles. The number of thioether (sulfide) groups is 1. The summed E-state index contributed by atoms with van der Waals surface area (Å²) in [6.07, 6.45) is -1.07. The molecule has 2 atom stereocenters. The van der Waals surface area contributed by atoms with Crippen LogP contribution in [0.15, 0.2) is 40.7 Å². The fourth-order valence-electron chi connectivity index (χ4n) is 3.13. The lowest BCUT2D eigenvalue weighted by atomic mass is 10.0. The van der Waals surface area contributed by atoms with E-state index in [1.54, 1.807) is 0 Å². The number of hydrogen-bond acceptors (Lipinski definition) is 9. The van der Waals surface area contributed by atoms with Crippen molar-refractivity contribution in [2.24, 2.45) is 10.9 Å². The minimum atomic E-state index is -1.37. The predicted molar refractivity (Wildman–Crippen MR) is 107 cm³/mol. The number of carboxylic acid groups (broad SMARTS) is 1. The second-order valence-corrected chi connectivity index (χ2v) is 7.50. The van der Waals surface area contributed by atoms with Crippen LogP contribution < -0.4 is 11.1 Å². The third-order valence-corrected chi connectivity index (χ3v) is 5.78. The van der Waals surface area contributed by atoms with Gasteiger partial charge in [0, 0.05) is 16.9 Å². The molecule has 31 heavy (non-hydrogen) atoms. The van der Waals surface area contributed by atoms with Gasteiger partial charge in [-0.3, -0.25) is 14.5 Å². The van der Waals surface area contributed by atoms with Crippen molar-refractivity contribution in [3.8, 4) is 5.75 Å². The molecule has 164 valence electrons. The van der Waals surface area contributed by atoms with E-state index in [2.05, 4.69) is 15.2 Å². The van der Waals surface area contributed by atoms with Gasteiger partial charge in [-0.25, -0.2) is 9.59 Å². The molecule has 0 aliphatic carbocycles. The molecular formula is C18H18N4O8S. The van der Waals surface area contributed by atoms with Crippen molar-refractivity contribution in [1.29, 1.82) is 0 Å². The van der Waals surface area contributed by atoms with Gasteiger partial charge in [0.15, 0.2) is 5.71 Å². The number of oxime groups is 1. The average Bonchev–Trinajstić information content (AvgIpc) is 2.73. The molecule has 12 nitrogen and oxygen atoms in total. The summed E-state index contributed by atoms with van der Waals surface area (Å²) in [6, 6.07) is 4.74. The summed E-state index contributed by atoms with van der Waals surface area (Å²) in [5.74, 6) is -2.69. The third-order valence-electron chi connectivity index (χ3n) is 4.44. The maximum atomic E-state index is 12.7. The number of aromatic hydroxyl groups is 1. The zero-order chi connectivity index (χ0) is 22.7. The van der Waals surface area contributed by atoms with Crippen LogP contribution in [0.25, 0.3) is 0 Å². The zero-order valence-corrected chi connectivity index (χ0v) is 16.9. The number of nitrogens with two attached hydrogens (primary N) is 1. The van der Waals surface area contributed by atoms with Crippen LogP contribution in [0.4, 0.5) is 4.79 Å². The number of aliphatic carboxylic acids is 1. The number of benzene rings is 1. The van der Waals surface area contributed by atoms with E-state index in [1.807, 2.05) is 0 Å². The number of ether oxygens (including phenoxy) is 1. The first-order valence-corrected chi connectivity index (χ1v) is 9.83. The van der Waals surface area contributed by atoms with Crippen molar-refractivity contribution in [3.05, 3.63) is 41.1 Å². The van der Waals surface area contributed by atoms with Gasteiger partial charge < -0.3 is 30.8 Å². The number of carboxylic acids is 1. The number of rotatable bonds is 7. The molecular weight excluding hydrogens is 432 g/mol. The monoisotopic (exact) mass is 450 g/mol. The Bertz CT molecular complexity index is 1010. The largest absolute Gasteiger partial charge is 0.508 e. The highest BCUT2D eigenvalue weighted by molar-refractivity contribution is 8.00. The summed E-state index contributed by atoms with van der Waals surface area (Å²) >= 11 is 1.20. The van der Waals surface area contributed by atoms with E-state index in [0.717, 1.165) is 4.90 Å². The molecule has 0 spiro atoms. The molecule has 5 N–H and O–H groups in total. The fourth-order valence-corrected chi connectivity index (χ4v) is 4.46. The third kappa shape index (κ3) is 4.40. The summed E-state index contributed by atoms with van der Waals surface area (Å²) in [5.41, 5.74) is 4.92. The fraction of sp³-hybridized carbons (Fsp3) is 0.278. The Morgan fingerprint density at radius 3 is 2.74 bits per heavy atom. The molecule has 0 bridgehead atoms. The highest BCUT2D eigenvalue weighted by Crippen LogP contribution is 2.40. The normalized spacial score (nSPS) is 20.5. The number of β-lactam (4-membered cyclic amide) rings is 1. The number of nitrogens with one attached hydrogen (secondary N) is 1. The number of hydrogen-bond donors (Lipinski definition) is 4. The molecule has 1 aromatic carbocycles. The van der Waals surface area contributed by atoms with Gasteiger partial charge in [0.2, 0.25) is 0 Å². The smallest absolute Gasteiger partial charge is 0.404 e. The summed E-state index contributed by atoms with van der Waals surface area (Å²) in [5, 5.41) is 24.7. The lowest BCUT2D eigenvalue weighted by Crippen LogP contribution is -2.71. The number of fused-ring (bicyclic) bond motifs is 1. The SMILES string of the molecule is CO/N=C(/C(=O)NC1C(=O)N2C(C(=O)O)=C(COC(N)=O)CS[C@H]12)c1cccc(O)c1. The maximum absolute atomic E-state index is 12.7. The van der Waals surface area contributed by atoms with Crippen LogP contribution in [0.5, 0.6) is 5.75 Å². The summed E-state index contributed by atoms with van der Waals surface area (Å²) in [6.45, 7) is -0.361. The first-order valence-electron chi connectivity index (χ1n) is 8.78. The molecule has 2 heterocycles. The molecule has 1 fully saturated rings. The summed E-state index contributed by atoms with van der Waals surface area (Å²) < 4.78 is 4.66. The maximum Gasteiger partial charge on any atom is 0.404 e. The summed E-state index contributed by atoms with van der Waals surface area (Å²) in [4.78, 5) is 53.7. The Balaban J connectivity index is 1.79. The van der Waals surface area contributed by atoms with Gasteiger partial charge in [0.05, 0.1) is 0 Å². The van der Waals surface area contributed by atoms with Crippen molar-refractivity contribution in [2.45, 2.75) is 11.4 Å². The number of carbonyl (C=O) groups excluding carboxylic acids is 3. The highest BCUT2D eigenvalue weighted by atomic mass is 32.2. The van der Waals surface area contributed by atoms with E-state index in [-0.39, 0.29) is 40.7 Å². The van der Waals surface area contributed by atoms with Gasteiger partial charge >= 0.3 is 12.1 Å². The second-order valence-electron chi connectivity index (χ2n) is 6.40. The van der Waals surface area contributed by atoms with E-state index in [9.17, 15) is 29.4 Å². The van der Waals surface area contributed by atoms with E-state index in [0.29, 0.717) is 0 Å². The van der Waals surface area contributed by atoms with E-state index >= 15 is 0 Å². The van der Waals surface area contributed by atoms with E-state index in [1.165, 1.54) is 43.1 Å². The molecule has 1 aromatic rings. The van der Waals surface area contributed by atoms with Gasteiger partial charge in [0.25, 0.3) is 11.8 Å². The molecule has 0 radical (unpaired) electrons. The Morgan fingerprint density at radius 2 is 2.13 bits per heavy atom. The van der Waals surface area contributed by atoms with Crippen LogP contribution >= 0.6 is 11.8 Å². The highest BCUT2D eigenvalue weighted by Gasteiger charge is 2.54. The van der Waals surface area contributed by atoms with E-state index in [4.69, 9.17) is 10.6 Å². The lowest BCUT2D eigenvalue weighted by molar-refractivity contribution is -0.150. The Kier molecular flexibility index (Phi) is 6.34. The van der Waals surface area contributed by atoms with Crippen LogP contribution in [0.3, 0.4) is 0 Å². The van der Waals surface area contributed by atoms with Crippen molar-refractivity contribution in [2.75, 3.05) is 19.5 Å². The number of nitrogens with zero attached hydrogens (tertiary/aromatic N) is 2. The van der Waals surface area contributed by atoms with Crippen molar-refractivity contribution in [1.82, 2.24) is 10.2 Å².